The third kappa shape index (κ3) is 31.6. The highest BCUT2D eigenvalue weighted by molar-refractivity contribution is 5.69. The monoisotopic (exact) mass is 420 g/mol. The van der Waals surface area contributed by atoms with Gasteiger partial charge in [0.2, 0.25) is 0 Å². The van der Waals surface area contributed by atoms with Crippen LogP contribution in [0.2, 0.25) is 0 Å². The Labute approximate surface area is 176 Å². The van der Waals surface area contributed by atoms with Crippen LogP contribution in [-0.4, -0.2) is 51.9 Å². The average Bonchev–Trinajstić information content (AvgIpc) is 2.68. The van der Waals surface area contributed by atoms with Gasteiger partial charge in [-0.2, -0.15) is 0 Å². The van der Waals surface area contributed by atoms with Gasteiger partial charge in [-0.05, 0) is 6.42 Å². The van der Waals surface area contributed by atoms with E-state index in [0.29, 0.717) is 6.42 Å². The lowest BCUT2D eigenvalue weighted by atomic mass is 10.0. The fraction of sp³-hybridized carbons (Fsp3) is 0.909. The molecule has 0 heterocycles. The molecule has 1 unspecified atom stereocenters. The van der Waals surface area contributed by atoms with Crippen LogP contribution in [0.5, 0.6) is 0 Å². The minimum Gasteiger partial charge on any atom is -0.463 e. The second-order valence-electron chi connectivity index (χ2n) is 7.50. The van der Waals surface area contributed by atoms with E-state index in [1.807, 2.05) is 0 Å². The molecule has 0 aromatic rings. The van der Waals surface area contributed by atoms with E-state index in [9.17, 15) is 4.79 Å². The number of ether oxygens (including phenoxy) is 1. The molecule has 0 rings (SSSR count). The molecule has 0 saturated carbocycles. The van der Waals surface area contributed by atoms with Crippen LogP contribution >= 0.6 is 0 Å². The normalized spacial score (nSPS) is 11.4. The number of hydrogen-bond acceptors (Lipinski definition) is 5. The molecule has 0 amide bonds. The van der Waals surface area contributed by atoms with E-state index in [1.54, 1.807) is 0 Å². The van der Waals surface area contributed by atoms with Crippen molar-refractivity contribution >= 4 is 12.1 Å². The Morgan fingerprint density at radius 1 is 0.724 bits per heavy atom. The molecule has 7 nitrogen and oxygen atoms in total. The predicted octanol–water partition coefficient (Wildman–Crippen LogP) is 5.37. The highest BCUT2D eigenvalue weighted by Gasteiger charge is 2.07. The van der Waals surface area contributed by atoms with Crippen molar-refractivity contribution in [3.05, 3.63) is 0 Å². The number of carboxylic acid groups (broad SMARTS) is 2. The van der Waals surface area contributed by atoms with E-state index in [4.69, 9.17) is 30.0 Å². The number of rotatable bonds is 19. The molecule has 0 aliphatic rings. The predicted molar refractivity (Wildman–Crippen MR) is 114 cm³/mol. The lowest BCUT2D eigenvalue weighted by Gasteiger charge is -2.08. The van der Waals surface area contributed by atoms with Crippen molar-refractivity contribution in [2.75, 3.05) is 13.2 Å². The third-order valence-electron chi connectivity index (χ3n) is 4.63. The smallest absolute Gasteiger partial charge is 0.463 e. The van der Waals surface area contributed by atoms with Crippen LogP contribution in [0.25, 0.3) is 0 Å². The van der Waals surface area contributed by atoms with Gasteiger partial charge < -0.3 is 25.2 Å². The van der Waals surface area contributed by atoms with Crippen molar-refractivity contribution in [3.63, 3.8) is 0 Å². The summed E-state index contributed by atoms with van der Waals surface area (Å²) in [7, 11) is 0. The molecule has 174 valence electrons. The van der Waals surface area contributed by atoms with Crippen molar-refractivity contribution in [1.82, 2.24) is 0 Å². The molecule has 1 atom stereocenters. The fourth-order valence-electron chi connectivity index (χ4n) is 2.95. The number of hydrogen-bond donors (Lipinski definition) is 4. The highest BCUT2D eigenvalue weighted by Crippen LogP contribution is 2.13. The summed E-state index contributed by atoms with van der Waals surface area (Å²) in [5.41, 5.74) is 0. The molecule has 4 N–H and O–H groups in total. The lowest BCUT2D eigenvalue weighted by molar-refractivity contribution is -0.147. The van der Waals surface area contributed by atoms with Crippen molar-refractivity contribution in [3.8, 4) is 0 Å². The highest BCUT2D eigenvalue weighted by atomic mass is 16.6. The molecule has 0 aliphatic heterocycles. The van der Waals surface area contributed by atoms with Crippen LogP contribution in [0.4, 0.5) is 4.79 Å². The van der Waals surface area contributed by atoms with Crippen LogP contribution in [0.15, 0.2) is 0 Å². The van der Waals surface area contributed by atoms with E-state index >= 15 is 0 Å². The summed E-state index contributed by atoms with van der Waals surface area (Å²) in [5, 5.41) is 31.7. The van der Waals surface area contributed by atoms with Crippen LogP contribution in [-0.2, 0) is 9.53 Å². The first-order valence-corrected chi connectivity index (χ1v) is 11.3. The zero-order valence-corrected chi connectivity index (χ0v) is 18.3. The fourth-order valence-corrected chi connectivity index (χ4v) is 2.95. The molecular formula is C22H44O7. The zero-order chi connectivity index (χ0) is 22.2. The molecule has 0 aromatic heterocycles. The summed E-state index contributed by atoms with van der Waals surface area (Å²) in [6.45, 7) is 1.79. The van der Waals surface area contributed by atoms with Gasteiger partial charge in [-0.1, -0.05) is 96.8 Å². The largest absolute Gasteiger partial charge is 0.503 e. The van der Waals surface area contributed by atoms with E-state index in [1.165, 1.54) is 83.5 Å². The second-order valence-corrected chi connectivity index (χ2v) is 7.50. The van der Waals surface area contributed by atoms with E-state index in [-0.39, 0.29) is 19.2 Å². The minimum atomic E-state index is -1.83. The minimum absolute atomic E-state index is 0.103. The van der Waals surface area contributed by atoms with Crippen molar-refractivity contribution in [2.45, 2.75) is 116 Å². The van der Waals surface area contributed by atoms with Gasteiger partial charge in [0.25, 0.3) is 0 Å². The first-order chi connectivity index (χ1) is 13.9. The number of carbonyl (C=O) groups is 2. The van der Waals surface area contributed by atoms with Gasteiger partial charge in [-0.15, -0.1) is 0 Å². The van der Waals surface area contributed by atoms with Gasteiger partial charge in [0.1, 0.15) is 12.7 Å². The number of carbonyl (C=O) groups excluding carboxylic acids is 1. The first kappa shape index (κ1) is 29.9. The maximum absolute atomic E-state index is 11.4. The van der Waals surface area contributed by atoms with E-state index in [0.717, 1.165) is 12.8 Å². The van der Waals surface area contributed by atoms with Gasteiger partial charge in [0.05, 0.1) is 6.61 Å². The Hall–Kier alpha value is -1.34. The Morgan fingerprint density at radius 2 is 1.07 bits per heavy atom. The summed E-state index contributed by atoms with van der Waals surface area (Å²) in [6.07, 6.45) is 17.2. The third-order valence-corrected chi connectivity index (χ3v) is 4.63. The molecule has 7 heteroatoms. The average molecular weight is 421 g/mol. The van der Waals surface area contributed by atoms with Gasteiger partial charge in [-0.3, -0.25) is 4.79 Å². The quantitative estimate of drug-likeness (QED) is 0.164. The Balaban J connectivity index is 0. The number of esters is 1. The van der Waals surface area contributed by atoms with Crippen LogP contribution in [0, 0.1) is 0 Å². The summed E-state index contributed by atoms with van der Waals surface area (Å²) in [6, 6.07) is 0. The Kier molecular flexibility index (Phi) is 25.4. The van der Waals surface area contributed by atoms with Crippen LogP contribution < -0.4 is 0 Å². The molecule has 0 aromatic carbocycles. The second kappa shape index (κ2) is 24.7. The van der Waals surface area contributed by atoms with Crippen LogP contribution in [0.1, 0.15) is 110 Å². The summed E-state index contributed by atoms with van der Waals surface area (Å²) >= 11 is 0. The summed E-state index contributed by atoms with van der Waals surface area (Å²) in [4.78, 5) is 19.9. The molecule has 29 heavy (non-hydrogen) atoms. The number of aliphatic hydroxyl groups is 2. The van der Waals surface area contributed by atoms with E-state index in [2.05, 4.69) is 6.92 Å². The van der Waals surface area contributed by atoms with Crippen molar-refractivity contribution < 1.29 is 34.8 Å². The number of unbranched alkanes of at least 4 members (excludes halogenated alkanes) is 14. The first-order valence-electron chi connectivity index (χ1n) is 11.3. The maximum atomic E-state index is 11.4. The van der Waals surface area contributed by atoms with Crippen LogP contribution in [0.3, 0.4) is 0 Å². The molecule has 0 radical (unpaired) electrons. The molecule has 0 bridgehead atoms. The van der Waals surface area contributed by atoms with Gasteiger partial charge >= 0.3 is 12.1 Å². The van der Waals surface area contributed by atoms with Gasteiger partial charge in [-0.25, -0.2) is 4.79 Å². The topological polar surface area (TPSA) is 124 Å². The Bertz CT molecular complexity index is 357. The van der Waals surface area contributed by atoms with Gasteiger partial charge in [0.15, 0.2) is 0 Å². The van der Waals surface area contributed by atoms with Crippen molar-refractivity contribution in [2.24, 2.45) is 0 Å². The maximum Gasteiger partial charge on any atom is 0.503 e. The SMILES string of the molecule is CCCCCCCCCCCCCCCCCC(=O)OCC(O)CO.O=C(O)O. The van der Waals surface area contributed by atoms with E-state index < -0.39 is 12.3 Å². The van der Waals surface area contributed by atoms with Crippen molar-refractivity contribution in [1.29, 1.82) is 0 Å². The molecule has 0 spiro atoms. The lowest BCUT2D eigenvalue weighted by Crippen LogP contribution is -2.21. The molecule has 0 aliphatic carbocycles. The Morgan fingerprint density at radius 3 is 1.41 bits per heavy atom. The van der Waals surface area contributed by atoms with Gasteiger partial charge in [0, 0.05) is 6.42 Å². The summed E-state index contributed by atoms with van der Waals surface area (Å²) in [5.74, 6) is -0.276. The zero-order valence-electron chi connectivity index (χ0n) is 18.3. The summed E-state index contributed by atoms with van der Waals surface area (Å²) < 4.78 is 4.86. The molecule has 0 saturated heterocycles. The molecule has 0 fully saturated rings. The molecular weight excluding hydrogens is 376 g/mol. The standard InChI is InChI=1S/C21H42O4.CH2O3/c1-2-3-4-5-6-7-8-9-10-11-12-13-14-15-16-17-21(24)25-19-20(23)18-22;2-1(3)4/h20,22-23H,2-19H2,1H3;(H2,2,3,4). The number of aliphatic hydroxyl groups excluding tert-OH is 2.